The minimum Gasteiger partial charge on any atom is -0.368 e. The minimum absolute atomic E-state index is 0.0532. The Morgan fingerprint density at radius 2 is 2.05 bits per heavy atom. The Labute approximate surface area is 122 Å². The fourth-order valence-corrected chi connectivity index (χ4v) is 3.12. The van der Waals surface area contributed by atoms with E-state index in [1.54, 1.807) is 0 Å². The van der Waals surface area contributed by atoms with Crippen LogP contribution in [0.5, 0.6) is 0 Å². The Kier molecular flexibility index (Phi) is 3.86. The Balaban J connectivity index is 2.03. The molecule has 114 valence electrons. The number of aromatic nitrogens is 2. The fourth-order valence-electron chi connectivity index (χ4n) is 3.12. The quantitative estimate of drug-likeness (QED) is 0.915. The molecule has 1 aliphatic rings. The molecule has 0 aromatic carbocycles. The predicted octanol–water partition coefficient (Wildman–Crippen LogP) is 1.92. The Morgan fingerprint density at radius 1 is 1.40 bits per heavy atom. The molecule has 5 heteroatoms. The molecule has 1 aromatic rings. The lowest BCUT2D eigenvalue weighted by Crippen LogP contribution is -2.43. The van der Waals surface area contributed by atoms with E-state index < -0.39 is 0 Å². The third kappa shape index (κ3) is 2.99. The van der Waals surface area contributed by atoms with Gasteiger partial charge >= 0.3 is 0 Å². The zero-order valence-corrected chi connectivity index (χ0v) is 13.8. The third-order valence-electron chi connectivity index (χ3n) is 4.06. The SMILES string of the molecule is CN(C)c1ncc(CNC2CC(C)(C)OC2(C)C)n1C. The van der Waals surface area contributed by atoms with Crippen LogP contribution in [0.15, 0.2) is 6.20 Å². The smallest absolute Gasteiger partial charge is 0.204 e. The van der Waals surface area contributed by atoms with Crippen LogP contribution >= 0.6 is 0 Å². The zero-order valence-electron chi connectivity index (χ0n) is 13.8. The molecule has 0 bridgehead atoms. The average Bonchev–Trinajstić information content (AvgIpc) is 2.73. The molecule has 0 amide bonds. The Morgan fingerprint density at radius 3 is 2.50 bits per heavy atom. The maximum absolute atomic E-state index is 6.12. The van der Waals surface area contributed by atoms with Crippen molar-refractivity contribution in [3.05, 3.63) is 11.9 Å². The molecule has 0 saturated carbocycles. The van der Waals surface area contributed by atoms with Crippen LogP contribution in [0.3, 0.4) is 0 Å². The van der Waals surface area contributed by atoms with Crippen molar-refractivity contribution in [2.75, 3.05) is 19.0 Å². The molecule has 2 heterocycles. The molecule has 0 spiro atoms. The van der Waals surface area contributed by atoms with E-state index >= 15 is 0 Å². The van der Waals surface area contributed by atoms with Gasteiger partial charge in [0.25, 0.3) is 0 Å². The van der Waals surface area contributed by atoms with Gasteiger partial charge in [0.1, 0.15) is 0 Å². The highest BCUT2D eigenvalue weighted by Gasteiger charge is 2.45. The summed E-state index contributed by atoms with van der Waals surface area (Å²) in [7, 11) is 6.07. The summed E-state index contributed by atoms with van der Waals surface area (Å²) in [5.41, 5.74) is 1.00. The molecule has 1 atom stereocenters. The van der Waals surface area contributed by atoms with Gasteiger partial charge < -0.3 is 19.5 Å². The number of nitrogens with one attached hydrogen (secondary N) is 1. The van der Waals surface area contributed by atoms with E-state index in [4.69, 9.17) is 4.74 Å². The average molecular weight is 280 g/mol. The molecule has 1 fully saturated rings. The van der Waals surface area contributed by atoms with Crippen molar-refractivity contribution in [3.63, 3.8) is 0 Å². The second-order valence-electron chi connectivity index (χ2n) is 7.11. The zero-order chi connectivity index (χ0) is 15.1. The number of ether oxygens (including phenoxy) is 1. The first kappa shape index (κ1) is 15.3. The second kappa shape index (κ2) is 5.04. The predicted molar refractivity (Wildman–Crippen MR) is 82.0 cm³/mol. The van der Waals surface area contributed by atoms with Gasteiger partial charge in [0.05, 0.1) is 23.1 Å². The van der Waals surface area contributed by atoms with Crippen LogP contribution in [0.1, 0.15) is 39.8 Å². The van der Waals surface area contributed by atoms with E-state index in [2.05, 4.69) is 49.6 Å². The number of rotatable bonds is 4. The van der Waals surface area contributed by atoms with Crippen molar-refractivity contribution in [3.8, 4) is 0 Å². The van der Waals surface area contributed by atoms with Crippen molar-refractivity contribution in [1.29, 1.82) is 0 Å². The molecule has 1 aromatic heterocycles. The molecule has 1 N–H and O–H groups in total. The summed E-state index contributed by atoms with van der Waals surface area (Å²) in [6.45, 7) is 9.45. The first-order valence-electron chi connectivity index (χ1n) is 7.24. The molecule has 1 aliphatic heterocycles. The Bertz CT molecular complexity index is 476. The molecule has 1 saturated heterocycles. The Hall–Kier alpha value is -1.07. The summed E-state index contributed by atoms with van der Waals surface area (Å²) in [6, 6.07) is 0.357. The van der Waals surface area contributed by atoms with Crippen molar-refractivity contribution in [2.45, 2.75) is 57.9 Å². The number of anilines is 1. The van der Waals surface area contributed by atoms with Gasteiger partial charge in [0, 0.05) is 33.7 Å². The van der Waals surface area contributed by atoms with Crippen LogP contribution in [-0.2, 0) is 18.3 Å². The summed E-state index contributed by atoms with van der Waals surface area (Å²) >= 11 is 0. The summed E-state index contributed by atoms with van der Waals surface area (Å²) in [6.07, 6.45) is 2.97. The number of nitrogens with zero attached hydrogens (tertiary/aromatic N) is 3. The van der Waals surface area contributed by atoms with E-state index in [-0.39, 0.29) is 11.2 Å². The lowest BCUT2D eigenvalue weighted by Gasteiger charge is -2.28. The van der Waals surface area contributed by atoms with Crippen LogP contribution < -0.4 is 10.2 Å². The molecule has 2 rings (SSSR count). The van der Waals surface area contributed by atoms with Gasteiger partial charge in [-0.05, 0) is 34.1 Å². The third-order valence-corrected chi connectivity index (χ3v) is 4.06. The largest absolute Gasteiger partial charge is 0.368 e. The van der Waals surface area contributed by atoms with Crippen molar-refractivity contribution in [2.24, 2.45) is 7.05 Å². The topological polar surface area (TPSA) is 42.3 Å². The number of hydrogen-bond acceptors (Lipinski definition) is 4. The molecule has 0 aliphatic carbocycles. The van der Waals surface area contributed by atoms with Crippen molar-refractivity contribution < 1.29 is 4.74 Å². The molecular formula is C15H28N4O. The summed E-state index contributed by atoms with van der Waals surface area (Å²) in [5.74, 6) is 0.976. The second-order valence-corrected chi connectivity index (χ2v) is 7.11. The normalized spacial score (nSPS) is 24.1. The maximum atomic E-state index is 6.12. The van der Waals surface area contributed by atoms with E-state index in [1.807, 2.05) is 25.2 Å². The molecule has 0 radical (unpaired) electrons. The highest BCUT2D eigenvalue weighted by atomic mass is 16.5. The van der Waals surface area contributed by atoms with Gasteiger partial charge in [-0.15, -0.1) is 0 Å². The molecular weight excluding hydrogens is 252 g/mol. The molecule has 1 unspecified atom stereocenters. The van der Waals surface area contributed by atoms with E-state index in [9.17, 15) is 0 Å². The summed E-state index contributed by atoms with van der Waals surface area (Å²) < 4.78 is 8.24. The highest BCUT2D eigenvalue weighted by molar-refractivity contribution is 5.30. The molecule has 20 heavy (non-hydrogen) atoms. The van der Waals surface area contributed by atoms with Crippen LogP contribution in [0.2, 0.25) is 0 Å². The fraction of sp³-hybridized carbons (Fsp3) is 0.800. The van der Waals surface area contributed by atoms with Gasteiger partial charge in [-0.3, -0.25) is 0 Å². The first-order chi connectivity index (χ1) is 9.12. The van der Waals surface area contributed by atoms with Crippen molar-refractivity contribution in [1.82, 2.24) is 14.9 Å². The summed E-state index contributed by atoms with van der Waals surface area (Å²) in [5, 5.41) is 3.63. The number of hydrogen-bond donors (Lipinski definition) is 1. The van der Waals surface area contributed by atoms with E-state index in [0.717, 1.165) is 18.9 Å². The van der Waals surface area contributed by atoms with Crippen molar-refractivity contribution >= 4 is 5.95 Å². The standard InChI is InChI=1S/C15H28N4O/c1-14(2)8-12(15(3,4)20-14)16-9-11-10-17-13(18(5)6)19(11)7/h10,12,16H,8-9H2,1-7H3. The lowest BCUT2D eigenvalue weighted by molar-refractivity contribution is -0.0699. The van der Waals surface area contributed by atoms with Gasteiger partial charge in [0.15, 0.2) is 0 Å². The van der Waals surface area contributed by atoms with Gasteiger partial charge in [-0.1, -0.05) is 0 Å². The maximum Gasteiger partial charge on any atom is 0.204 e. The first-order valence-corrected chi connectivity index (χ1v) is 7.24. The van der Waals surface area contributed by atoms with Crippen LogP contribution in [0.25, 0.3) is 0 Å². The van der Waals surface area contributed by atoms with Gasteiger partial charge in [0.2, 0.25) is 5.95 Å². The minimum atomic E-state index is -0.132. The summed E-state index contributed by atoms with van der Waals surface area (Å²) in [4.78, 5) is 6.47. The van der Waals surface area contributed by atoms with Crippen LogP contribution in [-0.4, -0.2) is 40.9 Å². The van der Waals surface area contributed by atoms with Crippen LogP contribution in [0, 0.1) is 0 Å². The van der Waals surface area contributed by atoms with Gasteiger partial charge in [-0.2, -0.15) is 0 Å². The monoisotopic (exact) mass is 280 g/mol. The van der Waals surface area contributed by atoms with E-state index in [1.165, 1.54) is 5.69 Å². The number of imidazole rings is 1. The van der Waals surface area contributed by atoms with E-state index in [0.29, 0.717) is 6.04 Å². The lowest BCUT2D eigenvalue weighted by atomic mass is 9.94. The molecule has 5 nitrogen and oxygen atoms in total. The highest BCUT2D eigenvalue weighted by Crippen LogP contribution is 2.37. The van der Waals surface area contributed by atoms with Crippen LogP contribution in [0.4, 0.5) is 5.95 Å². The van der Waals surface area contributed by atoms with Gasteiger partial charge in [-0.25, -0.2) is 4.98 Å².